The summed E-state index contributed by atoms with van der Waals surface area (Å²) in [5, 5.41) is 13.3. The van der Waals surface area contributed by atoms with E-state index in [1.165, 1.54) is 6.07 Å². The van der Waals surface area contributed by atoms with Crippen molar-refractivity contribution in [3.8, 4) is 17.3 Å². The largest absolute Gasteiger partial charge is 0.417 e. The van der Waals surface area contributed by atoms with E-state index >= 15 is 0 Å². The van der Waals surface area contributed by atoms with Gasteiger partial charge in [-0.3, -0.25) is 4.79 Å². The van der Waals surface area contributed by atoms with E-state index in [4.69, 9.17) is 5.26 Å². The average molecular weight is 361 g/mol. The lowest BCUT2D eigenvalue weighted by Gasteiger charge is -2.17. The molecule has 0 atom stereocenters. The molecule has 4 nitrogen and oxygen atoms in total. The van der Waals surface area contributed by atoms with Crippen molar-refractivity contribution in [3.05, 3.63) is 57.4 Å². The van der Waals surface area contributed by atoms with Crippen molar-refractivity contribution in [2.45, 2.75) is 33.9 Å². The molecule has 1 aromatic carbocycles. The summed E-state index contributed by atoms with van der Waals surface area (Å²) in [4.78, 5) is 12.7. The number of pyridine rings is 1. The highest BCUT2D eigenvalue weighted by molar-refractivity contribution is 5.84. The van der Waals surface area contributed by atoms with E-state index in [0.717, 1.165) is 10.7 Å². The van der Waals surface area contributed by atoms with Crippen LogP contribution < -0.4 is 5.56 Å². The molecule has 0 saturated carbocycles. The number of halogens is 3. The average Bonchev–Trinajstić information content (AvgIpc) is 2.55. The van der Waals surface area contributed by atoms with Crippen LogP contribution in [-0.4, -0.2) is 10.4 Å². The van der Waals surface area contributed by atoms with Gasteiger partial charge in [0.2, 0.25) is 0 Å². The van der Waals surface area contributed by atoms with Crippen LogP contribution in [-0.2, 0) is 6.18 Å². The van der Waals surface area contributed by atoms with E-state index in [1.807, 2.05) is 13.8 Å². The van der Waals surface area contributed by atoms with Crippen LogP contribution in [0.1, 0.15) is 37.5 Å². The monoisotopic (exact) mass is 361 g/mol. The first-order valence-electron chi connectivity index (χ1n) is 7.96. The van der Waals surface area contributed by atoms with Gasteiger partial charge in [0.1, 0.15) is 11.6 Å². The van der Waals surface area contributed by atoms with Gasteiger partial charge < -0.3 is 0 Å². The molecule has 0 unspecified atom stereocenters. The summed E-state index contributed by atoms with van der Waals surface area (Å²) in [5.74, 6) is -0.0144. The van der Waals surface area contributed by atoms with Crippen LogP contribution in [0.2, 0.25) is 0 Å². The molecule has 0 spiro atoms. The van der Waals surface area contributed by atoms with Crippen LogP contribution in [0.25, 0.3) is 11.3 Å². The number of hydrogen-bond acceptors (Lipinski definition) is 3. The van der Waals surface area contributed by atoms with Gasteiger partial charge in [-0.05, 0) is 31.4 Å². The summed E-state index contributed by atoms with van der Waals surface area (Å²) in [6, 6.07) is 8.97. The molecule has 1 aromatic heterocycles. The molecule has 2 rings (SSSR count). The zero-order chi connectivity index (χ0) is 19.6. The highest BCUT2D eigenvalue weighted by Crippen LogP contribution is 2.34. The minimum absolute atomic E-state index is 0.000532. The number of aromatic nitrogens is 1. The van der Waals surface area contributed by atoms with E-state index in [2.05, 4.69) is 5.10 Å². The van der Waals surface area contributed by atoms with Crippen molar-refractivity contribution in [2.24, 2.45) is 11.0 Å². The number of alkyl halides is 3. The Morgan fingerprint density at radius 2 is 1.88 bits per heavy atom. The maximum Gasteiger partial charge on any atom is 0.417 e. The third-order valence-corrected chi connectivity index (χ3v) is 4.12. The number of aryl methyl sites for hydroxylation is 1. The maximum atomic E-state index is 13.4. The van der Waals surface area contributed by atoms with E-state index in [0.29, 0.717) is 16.8 Å². The van der Waals surface area contributed by atoms with Gasteiger partial charge in [-0.2, -0.15) is 28.2 Å². The van der Waals surface area contributed by atoms with Crippen molar-refractivity contribution < 1.29 is 13.2 Å². The molecule has 0 fully saturated rings. The molecule has 0 bridgehead atoms. The summed E-state index contributed by atoms with van der Waals surface area (Å²) in [5.41, 5.74) is -1.60. The number of hydrogen-bond donors (Lipinski definition) is 0. The summed E-state index contributed by atoms with van der Waals surface area (Å²) in [7, 11) is 0. The molecular weight excluding hydrogens is 343 g/mol. The van der Waals surface area contributed by atoms with Gasteiger partial charge in [-0.1, -0.05) is 38.1 Å². The number of benzene rings is 1. The first-order chi connectivity index (χ1) is 12.1. The Bertz CT molecular complexity index is 963. The second kappa shape index (κ2) is 7.16. The van der Waals surface area contributed by atoms with E-state index < -0.39 is 22.9 Å². The topological polar surface area (TPSA) is 58.1 Å². The molecule has 2 aromatic rings. The smallest absolute Gasteiger partial charge is 0.266 e. The van der Waals surface area contributed by atoms with Crippen LogP contribution in [0.4, 0.5) is 13.2 Å². The number of nitriles is 1. The molecule has 0 N–H and O–H groups in total. The Morgan fingerprint density at radius 3 is 2.38 bits per heavy atom. The lowest BCUT2D eigenvalue weighted by Crippen LogP contribution is -2.27. The van der Waals surface area contributed by atoms with Gasteiger partial charge in [-0.15, -0.1) is 0 Å². The summed E-state index contributed by atoms with van der Waals surface area (Å²) < 4.78 is 41.1. The number of nitrogens with zero attached hydrogens (tertiary/aromatic N) is 3. The zero-order valence-electron chi connectivity index (χ0n) is 14.8. The molecule has 0 radical (unpaired) electrons. The van der Waals surface area contributed by atoms with Gasteiger partial charge in [0, 0.05) is 11.3 Å². The third-order valence-electron chi connectivity index (χ3n) is 4.12. The normalized spacial score (nSPS) is 12.3. The van der Waals surface area contributed by atoms with Gasteiger partial charge in [0.05, 0.1) is 11.3 Å². The van der Waals surface area contributed by atoms with Gasteiger partial charge in [-0.25, -0.2) is 0 Å². The van der Waals surface area contributed by atoms with E-state index in [9.17, 15) is 18.0 Å². The standard InChI is InChI=1S/C19H18F3N3O/c1-11(2)13(4)24-25-17(14-8-6-5-7-12(14)3)9-16(19(20,21)22)15(10-23)18(25)26/h5-9,11H,1-4H3/b24-13+. The molecular formula is C19H18F3N3O. The second-order valence-electron chi connectivity index (χ2n) is 6.26. The van der Waals surface area contributed by atoms with Crippen LogP contribution >= 0.6 is 0 Å². The third kappa shape index (κ3) is 3.69. The lowest BCUT2D eigenvalue weighted by molar-refractivity contribution is -0.137. The Kier molecular flexibility index (Phi) is 5.36. The Balaban J connectivity index is 2.99. The molecule has 0 saturated heterocycles. The molecule has 136 valence electrons. The van der Waals surface area contributed by atoms with Crippen molar-refractivity contribution in [3.63, 3.8) is 0 Å². The Morgan fingerprint density at radius 1 is 1.27 bits per heavy atom. The number of rotatable bonds is 3. The SMILES string of the molecule is C/C(=N\n1c(-c2ccccc2C)cc(C(F)(F)F)c(C#N)c1=O)C(C)C. The Hall–Kier alpha value is -2.88. The lowest BCUT2D eigenvalue weighted by atomic mass is 10.0. The predicted molar refractivity (Wildman–Crippen MR) is 93.9 cm³/mol. The van der Waals surface area contributed by atoms with Crippen molar-refractivity contribution in [2.75, 3.05) is 0 Å². The minimum atomic E-state index is -4.82. The fourth-order valence-electron chi connectivity index (χ4n) is 2.36. The summed E-state index contributed by atoms with van der Waals surface area (Å²) >= 11 is 0. The molecule has 0 aliphatic carbocycles. The highest BCUT2D eigenvalue weighted by Gasteiger charge is 2.36. The molecule has 7 heteroatoms. The van der Waals surface area contributed by atoms with E-state index in [-0.39, 0.29) is 11.6 Å². The first-order valence-corrected chi connectivity index (χ1v) is 7.96. The van der Waals surface area contributed by atoms with Crippen molar-refractivity contribution >= 4 is 5.71 Å². The van der Waals surface area contributed by atoms with Gasteiger partial charge in [0.25, 0.3) is 5.56 Å². The molecule has 0 aliphatic heterocycles. The fraction of sp³-hybridized carbons (Fsp3) is 0.316. The van der Waals surface area contributed by atoms with Crippen LogP contribution in [0.3, 0.4) is 0 Å². The fourth-order valence-corrected chi connectivity index (χ4v) is 2.36. The van der Waals surface area contributed by atoms with Gasteiger partial charge >= 0.3 is 6.18 Å². The van der Waals surface area contributed by atoms with E-state index in [1.54, 1.807) is 38.1 Å². The first kappa shape index (κ1) is 19.4. The summed E-state index contributed by atoms with van der Waals surface area (Å²) in [6.45, 7) is 7.12. The van der Waals surface area contributed by atoms with Crippen LogP contribution in [0.15, 0.2) is 40.2 Å². The second-order valence-corrected chi connectivity index (χ2v) is 6.26. The molecule has 26 heavy (non-hydrogen) atoms. The molecule has 1 heterocycles. The zero-order valence-corrected chi connectivity index (χ0v) is 14.8. The van der Waals surface area contributed by atoms with Crippen molar-refractivity contribution in [1.82, 2.24) is 4.68 Å². The predicted octanol–water partition coefficient (Wildman–Crippen LogP) is 4.59. The van der Waals surface area contributed by atoms with Crippen LogP contribution in [0.5, 0.6) is 0 Å². The molecule has 0 amide bonds. The van der Waals surface area contributed by atoms with Crippen molar-refractivity contribution in [1.29, 1.82) is 5.26 Å². The quantitative estimate of drug-likeness (QED) is 0.751. The summed E-state index contributed by atoms with van der Waals surface area (Å²) in [6.07, 6.45) is -4.82. The minimum Gasteiger partial charge on any atom is -0.266 e. The Labute approximate surface area is 149 Å². The van der Waals surface area contributed by atoms with Crippen LogP contribution in [0, 0.1) is 24.2 Å². The highest BCUT2D eigenvalue weighted by atomic mass is 19.4. The molecule has 0 aliphatic rings. The van der Waals surface area contributed by atoms with Gasteiger partial charge in [0.15, 0.2) is 0 Å². The maximum absolute atomic E-state index is 13.4.